The highest BCUT2D eigenvalue weighted by Crippen LogP contribution is 2.17. The Morgan fingerprint density at radius 3 is 2.63 bits per heavy atom. The number of carbonyl (C=O) groups excluding carboxylic acids is 1. The molecule has 2 nitrogen and oxygen atoms in total. The van der Waals surface area contributed by atoms with Crippen molar-refractivity contribution in [1.29, 1.82) is 0 Å². The van der Waals surface area contributed by atoms with Gasteiger partial charge in [-0.3, -0.25) is 4.79 Å². The summed E-state index contributed by atoms with van der Waals surface area (Å²) in [7, 11) is 0. The molecule has 2 aromatic carbocycles. The van der Waals surface area contributed by atoms with Crippen molar-refractivity contribution in [1.82, 2.24) is 0 Å². The van der Waals surface area contributed by atoms with Crippen molar-refractivity contribution in [3.63, 3.8) is 0 Å². The van der Waals surface area contributed by atoms with Crippen LogP contribution >= 0.6 is 11.6 Å². The van der Waals surface area contributed by atoms with Gasteiger partial charge in [0.15, 0.2) is 0 Å². The van der Waals surface area contributed by atoms with E-state index in [1.54, 1.807) is 0 Å². The van der Waals surface area contributed by atoms with Gasteiger partial charge >= 0.3 is 0 Å². The van der Waals surface area contributed by atoms with Crippen LogP contribution < -0.4 is 5.73 Å². The average molecular weight is 274 g/mol. The smallest absolute Gasteiger partial charge is 0.137 e. The van der Waals surface area contributed by atoms with Crippen LogP contribution in [-0.2, 0) is 17.6 Å². The quantitative estimate of drug-likeness (QED) is 0.845. The molecule has 0 heterocycles. The number of ketones is 1. The molecule has 98 valence electrons. The van der Waals surface area contributed by atoms with Crippen LogP contribution in [0.4, 0.5) is 5.69 Å². The molecule has 0 atom stereocenters. The third-order valence-corrected chi connectivity index (χ3v) is 3.36. The Kier molecular flexibility index (Phi) is 4.58. The maximum Gasteiger partial charge on any atom is 0.137 e. The van der Waals surface area contributed by atoms with Gasteiger partial charge in [0.1, 0.15) is 5.78 Å². The number of nitrogens with two attached hydrogens (primary N) is 1. The van der Waals surface area contributed by atoms with E-state index in [2.05, 4.69) is 0 Å². The van der Waals surface area contributed by atoms with Crippen LogP contribution in [-0.4, -0.2) is 5.78 Å². The summed E-state index contributed by atoms with van der Waals surface area (Å²) in [6.07, 6.45) is 1.62. The van der Waals surface area contributed by atoms with E-state index >= 15 is 0 Å². The SMILES string of the molecule is Nc1cccc(CCC(=O)Cc2ccccc2Cl)c1. The van der Waals surface area contributed by atoms with E-state index in [0.717, 1.165) is 16.8 Å². The van der Waals surface area contributed by atoms with Gasteiger partial charge in [-0.05, 0) is 35.7 Å². The maximum absolute atomic E-state index is 11.9. The lowest BCUT2D eigenvalue weighted by molar-refractivity contribution is -0.118. The average Bonchev–Trinajstić information content (AvgIpc) is 2.39. The first-order valence-electron chi connectivity index (χ1n) is 6.24. The molecule has 3 heteroatoms. The van der Waals surface area contributed by atoms with Crippen molar-refractivity contribution < 1.29 is 4.79 Å². The number of aryl methyl sites for hydroxylation is 1. The molecule has 19 heavy (non-hydrogen) atoms. The van der Waals surface area contributed by atoms with E-state index in [1.807, 2.05) is 48.5 Å². The van der Waals surface area contributed by atoms with Crippen LogP contribution in [0.3, 0.4) is 0 Å². The van der Waals surface area contributed by atoms with Gasteiger partial charge in [-0.25, -0.2) is 0 Å². The van der Waals surface area contributed by atoms with Crippen molar-refractivity contribution >= 4 is 23.1 Å². The Bertz CT molecular complexity index is 580. The third-order valence-electron chi connectivity index (χ3n) is 2.99. The molecule has 0 aliphatic rings. The molecule has 0 radical (unpaired) electrons. The van der Waals surface area contributed by atoms with E-state index in [0.29, 0.717) is 24.3 Å². The molecule has 0 spiro atoms. The molecule has 0 aliphatic heterocycles. The largest absolute Gasteiger partial charge is 0.399 e. The summed E-state index contributed by atoms with van der Waals surface area (Å²) in [6.45, 7) is 0. The molecule has 2 rings (SSSR count). The molecule has 0 unspecified atom stereocenters. The molecule has 0 amide bonds. The summed E-state index contributed by atoms with van der Waals surface area (Å²) < 4.78 is 0. The highest BCUT2D eigenvalue weighted by molar-refractivity contribution is 6.31. The van der Waals surface area contributed by atoms with E-state index in [4.69, 9.17) is 17.3 Å². The van der Waals surface area contributed by atoms with Crippen LogP contribution in [0.25, 0.3) is 0 Å². The van der Waals surface area contributed by atoms with Crippen LogP contribution in [0.15, 0.2) is 48.5 Å². The molecular weight excluding hydrogens is 258 g/mol. The molecule has 0 saturated carbocycles. The fourth-order valence-corrected chi connectivity index (χ4v) is 2.18. The predicted octanol–water partition coefficient (Wildman–Crippen LogP) is 3.67. The van der Waals surface area contributed by atoms with Crippen LogP contribution in [0, 0.1) is 0 Å². The molecule has 0 saturated heterocycles. The van der Waals surface area contributed by atoms with Crippen molar-refractivity contribution in [2.45, 2.75) is 19.3 Å². The van der Waals surface area contributed by atoms with Gasteiger partial charge in [-0.2, -0.15) is 0 Å². The Balaban J connectivity index is 1.90. The number of carbonyl (C=O) groups is 1. The van der Waals surface area contributed by atoms with Crippen LogP contribution in [0.2, 0.25) is 5.02 Å². The minimum Gasteiger partial charge on any atom is -0.399 e. The number of benzene rings is 2. The van der Waals surface area contributed by atoms with Crippen LogP contribution in [0.5, 0.6) is 0 Å². The zero-order valence-corrected chi connectivity index (χ0v) is 11.4. The zero-order valence-electron chi connectivity index (χ0n) is 10.6. The maximum atomic E-state index is 11.9. The molecular formula is C16H16ClNO. The van der Waals surface area contributed by atoms with E-state index in [9.17, 15) is 4.79 Å². The molecule has 2 aromatic rings. The van der Waals surface area contributed by atoms with E-state index in [1.165, 1.54) is 0 Å². The van der Waals surface area contributed by atoms with Crippen molar-refractivity contribution in [3.05, 3.63) is 64.7 Å². The molecule has 0 bridgehead atoms. The number of hydrogen-bond donors (Lipinski definition) is 1. The lowest BCUT2D eigenvalue weighted by Crippen LogP contribution is -2.05. The molecule has 0 fully saturated rings. The highest BCUT2D eigenvalue weighted by Gasteiger charge is 2.07. The number of nitrogen functional groups attached to an aromatic ring is 1. The minimum atomic E-state index is 0.190. The number of hydrogen-bond acceptors (Lipinski definition) is 2. The Morgan fingerprint density at radius 2 is 1.89 bits per heavy atom. The number of Topliss-reactive ketones (excluding diaryl/α,β-unsaturated/α-hetero) is 1. The summed E-state index contributed by atoms with van der Waals surface area (Å²) in [5.41, 5.74) is 8.42. The molecule has 0 aromatic heterocycles. The van der Waals surface area contributed by atoms with Gasteiger partial charge < -0.3 is 5.73 Å². The number of rotatable bonds is 5. The standard InChI is InChI=1S/C16H16ClNO/c17-16-7-2-1-5-13(16)11-15(19)9-8-12-4-3-6-14(18)10-12/h1-7,10H,8-9,11,18H2. The summed E-state index contributed by atoms with van der Waals surface area (Å²) >= 11 is 6.04. The Hall–Kier alpha value is -1.80. The van der Waals surface area contributed by atoms with Crippen molar-refractivity contribution in [3.8, 4) is 0 Å². The first kappa shape index (κ1) is 13.6. The van der Waals surface area contributed by atoms with Crippen molar-refractivity contribution in [2.24, 2.45) is 0 Å². The van der Waals surface area contributed by atoms with Crippen LogP contribution in [0.1, 0.15) is 17.5 Å². The normalized spacial score (nSPS) is 10.4. The predicted molar refractivity (Wildman–Crippen MR) is 79.3 cm³/mol. The van der Waals surface area contributed by atoms with Gasteiger partial charge in [0, 0.05) is 23.6 Å². The second kappa shape index (κ2) is 6.39. The first-order valence-corrected chi connectivity index (χ1v) is 6.62. The molecule has 2 N–H and O–H groups in total. The fraction of sp³-hybridized carbons (Fsp3) is 0.188. The van der Waals surface area contributed by atoms with Crippen molar-refractivity contribution in [2.75, 3.05) is 5.73 Å². The lowest BCUT2D eigenvalue weighted by Gasteiger charge is -2.04. The highest BCUT2D eigenvalue weighted by atomic mass is 35.5. The summed E-state index contributed by atoms with van der Waals surface area (Å²) in [6, 6.07) is 15.1. The topological polar surface area (TPSA) is 43.1 Å². The monoisotopic (exact) mass is 273 g/mol. The Labute approximate surface area is 118 Å². The number of halogens is 1. The number of anilines is 1. The van der Waals surface area contributed by atoms with Gasteiger partial charge in [0.05, 0.1) is 0 Å². The minimum absolute atomic E-state index is 0.190. The zero-order chi connectivity index (χ0) is 13.7. The first-order chi connectivity index (χ1) is 9.15. The van der Waals surface area contributed by atoms with E-state index in [-0.39, 0.29) is 5.78 Å². The summed E-state index contributed by atoms with van der Waals surface area (Å²) in [4.78, 5) is 11.9. The second-order valence-electron chi connectivity index (χ2n) is 4.55. The Morgan fingerprint density at radius 1 is 1.11 bits per heavy atom. The van der Waals surface area contributed by atoms with Gasteiger partial charge in [0.2, 0.25) is 0 Å². The summed E-state index contributed by atoms with van der Waals surface area (Å²) in [5.74, 6) is 0.190. The second-order valence-corrected chi connectivity index (χ2v) is 4.96. The lowest BCUT2D eigenvalue weighted by atomic mass is 10.0. The van der Waals surface area contributed by atoms with Gasteiger partial charge in [-0.15, -0.1) is 0 Å². The van der Waals surface area contributed by atoms with E-state index < -0.39 is 0 Å². The van der Waals surface area contributed by atoms with Gasteiger partial charge in [0.25, 0.3) is 0 Å². The fourth-order valence-electron chi connectivity index (χ4n) is 1.97. The third kappa shape index (κ3) is 4.11. The molecule has 0 aliphatic carbocycles. The van der Waals surface area contributed by atoms with Gasteiger partial charge in [-0.1, -0.05) is 41.9 Å². The summed E-state index contributed by atoms with van der Waals surface area (Å²) in [5, 5.41) is 0.653.